The monoisotopic (exact) mass is 161 g/mol. The first kappa shape index (κ1) is 10.6. The minimum atomic E-state index is 0.747. The Morgan fingerprint density at radius 1 is 1.17 bits per heavy atom. The highest BCUT2D eigenvalue weighted by atomic mass is 14.5. The zero-order valence-corrected chi connectivity index (χ0v) is 7.89. The molecule has 0 spiro atoms. The molecular weight excluding hydrogens is 146 g/mol. The van der Waals surface area contributed by atoms with Crippen LogP contribution in [0.5, 0.6) is 0 Å². The van der Waals surface area contributed by atoms with E-state index in [0.717, 1.165) is 11.3 Å². The van der Waals surface area contributed by atoms with E-state index in [9.17, 15) is 0 Å². The summed E-state index contributed by atoms with van der Waals surface area (Å²) in [6.45, 7) is 5.80. The summed E-state index contributed by atoms with van der Waals surface area (Å²) in [7, 11) is 0. The largest absolute Gasteiger partial charge is 0.398 e. The molecule has 2 N–H and O–H groups in total. The van der Waals surface area contributed by atoms with Crippen molar-refractivity contribution in [3.63, 3.8) is 0 Å². The smallest absolute Gasteiger partial charge is 0.0474 e. The van der Waals surface area contributed by atoms with Crippen LogP contribution in [0.2, 0.25) is 0 Å². The molecule has 0 amide bonds. The number of benzene rings is 1. The molecule has 0 atom stereocenters. The van der Waals surface area contributed by atoms with Crippen LogP contribution in [0, 0.1) is 11.8 Å². The second-order valence-corrected chi connectivity index (χ2v) is 1.96. The quantitative estimate of drug-likeness (QED) is 0.459. The van der Waals surface area contributed by atoms with Crippen LogP contribution in [0.4, 0.5) is 5.69 Å². The molecule has 0 fully saturated rings. The van der Waals surface area contributed by atoms with Gasteiger partial charge in [-0.3, -0.25) is 0 Å². The Morgan fingerprint density at radius 3 is 2.25 bits per heavy atom. The summed E-state index contributed by atoms with van der Waals surface area (Å²) in [5, 5.41) is 0. The number of rotatable bonds is 0. The lowest BCUT2D eigenvalue weighted by molar-refractivity contribution is 1.50. The zero-order chi connectivity index (χ0) is 9.40. The van der Waals surface area contributed by atoms with Crippen LogP contribution >= 0.6 is 0 Å². The van der Waals surface area contributed by atoms with E-state index in [1.165, 1.54) is 0 Å². The highest BCUT2D eigenvalue weighted by Gasteiger charge is 1.88. The second-order valence-electron chi connectivity index (χ2n) is 1.96. The van der Waals surface area contributed by atoms with Crippen molar-refractivity contribution < 1.29 is 0 Å². The highest BCUT2D eigenvalue weighted by molar-refractivity contribution is 5.55. The minimum Gasteiger partial charge on any atom is -0.398 e. The Bertz CT molecular complexity index is 279. The third-order valence-corrected chi connectivity index (χ3v) is 1.22. The average Bonchev–Trinajstić information content (AvgIpc) is 2.13. The third kappa shape index (κ3) is 3.12. The van der Waals surface area contributed by atoms with Crippen molar-refractivity contribution in [3.05, 3.63) is 29.8 Å². The molecule has 1 aromatic carbocycles. The van der Waals surface area contributed by atoms with Gasteiger partial charge in [-0.2, -0.15) is 0 Å². The van der Waals surface area contributed by atoms with Crippen LogP contribution in [0.3, 0.4) is 0 Å². The van der Waals surface area contributed by atoms with Crippen LogP contribution in [0.25, 0.3) is 0 Å². The number of hydrogen-bond donors (Lipinski definition) is 1. The maximum absolute atomic E-state index is 5.60. The van der Waals surface area contributed by atoms with Gasteiger partial charge >= 0.3 is 0 Å². The van der Waals surface area contributed by atoms with Gasteiger partial charge in [-0.25, -0.2) is 0 Å². The molecule has 12 heavy (non-hydrogen) atoms. The lowest BCUT2D eigenvalue weighted by atomic mass is 10.2. The maximum atomic E-state index is 5.60. The van der Waals surface area contributed by atoms with E-state index < -0.39 is 0 Å². The fourth-order valence-electron chi connectivity index (χ4n) is 0.746. The van der Waals surface area contributed by atoms with Gasteiger partial charge in [0.1, 0.15) is 0 Å². The molecular formula is C11H15N. The first-order valence-electron chi connectivity index (χ1n) is 4.12. The van der Waals surface area contributed by atoms with E-state index in [0.29, 0.717) is 0 Å². The zero-order valence-electron chi connectivity index (χ0n) is 7.89. The van der Waals surface area contributed by atoms with Crippen LogP contribution < -0.4 is 5.73 Å². The first-order chi connectivity index (χ1) is 5.84. The number of hydrogen-bond acceptors (Lipinski definition) is 1. The van der Waals surface area contributed by atoms with E-state index in [4.69, 9.17) is 5.73 Å². The van der Waals surface area contributed by atoms with Gasteiger partial charge in [0.2, 0.25) is 0 Å². The van der Waals surface area contributed by atoms with Gasteiger partial charge in [-0.1, -0.05) is 31.9 Å². The van der Waals surface area contributed by atoms with Crippen molar-refractivity contribution >= 4 is 5.69 Å². The van der Waals surface area contributed by atoms with Crippen LogP contribution in [-0.4, -0.2) is 0 Å². The van der Waals surface area contributed by atoms with Crippen LogP contribution in [0.1, 0.15) is 26.3 Å². The molecule has 0 aliphatic rings. The van der Waals surface area contributed by atoms with Crippen molar-refractivity contribution in [1.29, 1.82) is 0 Å². The van der Waals surface area contributed by atoms with E-state index in [-0.39, 0.29) is 0 Å². The maximum Gasteiger partial charge on any atom is 0.0474 e. The van der Waals surface area contributed by atoms with Gasteiger partial charge in [0.15, 0.2) is 0 Å². The molecule has 0 saturated carbocycles. The molecule has 0 aliphatic heterocycles. The highest BCUT2D eigenvalue weighted by Crippen LogP contribution is 2.07. The summed E-state index contributed by atoms with van der Waals surface area (Å²) >= 11 is 0. The third-order valence-electron chi connectivity index (χ3n) is 1.22. The van der Waals surface area contributed by atoms with Crippen molar-refractivity contribution in [2.75, 3.05) is 5.73 Å². The summed E-state index contributed by atoms with van der Waals surface area (Å²) in [4.78, 5) is 0. The molecule has 1 heteroatoms. The van der Waals surface area contributed by atoms with Gasteiger partial charge in [0, 0.05) is 11.3 Å². The molecule has 0 saturated heterocycles. The summed E-state index contributed by atoms with van der Waals surface area (Å²) in [5.74, 6) is 5.70. The molecule has 1 aromatic rings. The molecule has 0 aliphatic carbocycles. The van der Waals surface area contributed by atoms with Crippen LogP contribution in [-0.2, 0) is 0 Å². The lowest BCUT2D eigenvalue weighted by Gasteiger charge is -1.93. The summed E-state index contributed by atoms with van der Waals surface area (Å²) < 4.78 is 0. The van der Waals surface area contributed by atoms with Crippen molar-refractivity contribution in [2.24, 2.45) is 0 Å². The average molecular weight is 161 g/mol. The van der Waals surface area contributed by atoms with Gasteiger partial charge in [-0.15, -0.1) is 5.92 Å². The molecule has 0 heterocycles. The molecule has 64 valence electrons. The minimum absolute atomic E-state index is 0.747. The second kappa shape index (κ2) is 6.30. The fraction of sp³-hybridized carbons (Fsp3) is 0.273. The summed E-state index contributed by atoms with van der Waals surface area (Å²) in [5.41, 5.74) is 7.26. The Hall–Kier alpha value is -1.42. The summed E-state index contributed by atoms with van der Waals surface area (Å²) in [6.07, 6.45) is 0. The lowest BCUT2D eigenvalue weighted by Crippen LogP contribution is -1.87. The van der Waals surface area contributed by atoms with Gasteiger partial charge in [0.05, 0.1) is 0 Å². The molecule has 0 aromatic heterocycles. The van der Waals surface area contributed by atoms with E-state index in [2.05, 4.69) is 11.8 Å². The Balaban J connectivity index is 0.000000561. The molecule has 1 rings (SSSR count). The first-order valence-corrected chi connectivity index (χ1v) is 4.12. The van der Waals surface area contributed by atoms with E-state index in [1.807, 2.05) is 38.1 Å². The fourth-order valence-corrected chi connectivity index (χ4v) is 0.746. The van der Waals surface area contributed by atoms with Crippen molar-refractivity contribution in [2.45, 2.75) is 20.8 Å². The van der Waals surface area contributed by atoms with Crippen molar-refractivity contribution in [3.8, 4) is 11.8 Å². The normalized spacial score (nSPS) is 7.25. The van der Waals surface area contributed by atoms with E-state index in [1.54, 1.807) is 6.92 Å². The summed E-state index contributed by atoms with van der Waals surface area (Å²) in [6, 6.07) is 7.58. The standard InChI is InChI=1S/C9H9N.C2H6/c1-2-5-8-6-3-4-7-9(8)10;1-2/h3-4,6-7H,10H2,1H3;1-2H3. The molecule has 0 radical (unpaired) electrons. The molecule has 0 unspecified atom stereocenters. The Kier molecular flexibility index (Phi) is 5.55. The van der Waals surface area contributed by atoms with E-state index >= 15 is 0 Å². The van der Waals surface area contributed by atoms with Crippen LogP contribution in [0.15, 0.2) is 24.3 Å². The number of anilines is 1. The Labute approximate surface area is 74.6 Å². The van der Waals surface area contributed by atoms with Gasteiger partial charge in [-0.05, 0) is 19.1 Å². The number of para-hydroxylation sites is 1. The predicted molar refractivity (Wildman–Crippen MR) is 54.8 cm³/mol. The van der Waals surface area contributed by atoms with Crippen molar-refractivity contribution in [1.82, 2.24) is 0 Å². The number of nitrogen functional groups attached to an aromatic ring is 1. The Morgan fingerprint density at radius 2 is 1.75 bits per heavy atom. The topological polar surface area (TPSA) is 26.0 Å². The van der Waals surface area contributed by atoms with Gasteiger partial charge < -0.3 is 5.73 Å². The van der Waals surface area contributed by atoms with Gasteiger partial charge in [0.25, 0.3) is 0 Å². The predicted octanol–water partition coefficient (Wildman–Crippen LogP) is 2.67. The molecule has 0 bridgehead atoms. The molecule has 1 nitrogen and oxygen atoms in total. The number of nitrogens with two attached hydrogens (primary N) is 1. The SMILES string of the molecule is CC.CC#Cc1ccccc1N.